The molecule has 0 unspecified atom stereocenters. The molecule has 13 heavy (non-hydrogen) atoms. The van der Waals surface area contributed by atoms with E-state index in [1.54, 1.807) is 6.07 Å². The molecule has 0 radical (unpaired) electrons. The Bertz CT molecular complexity index is 393. The summed E-state index contributed by atoms with van der Waals surface area (Å²) in [6.45, 7) is 0. The van der Waals surface area contributed by atoms with Crippen molar-refractivity contribution in [3.63, 3.8) is 0 Å². The van der Waals surface area contributed by atoms with Crippen LogP contribution in [0.25, 0.3) is 0 Å². The van der Waals surface area contributed by atoms with E-state index in [2.05, 4.69) is 6.07 Å². The maximum absolute atomic E-state index is 8.72. The first-order valence-corrected chi connectivity index (χ1v) is 4.58. The van der Waals surface area contributed by atoms with Crippen LogP contribution in [-0.4, -0.2) is 0 Å². The highest BCUT2D eigenvalue weighted by Gasteiger charge is 2.22. The zero-order chi connectivity index (χ0) is 9.42. The van der Waals surface area contributed by atoms with Crippen molar-refractivity contribution in [1.29, 1.82) is 5.26 Å². The Morgan fingerprint density at radius 2 is 2.31 bits per heavy atom. The predicted molar refractivity (Wildman–Crippen MR) is 51.4 cm³/mol. The number of halogens is 1. The number of fused-ring (bicyclic) bond motifs is 1. The van der Waals surface area contributed by atoms with Gasteiger partial charge in [0.2, 0.25) is 0 Å². The van der Waals surface area contributed by atoms with Gasteiger partial charge < -0.3 is 5.73 Å². The number of nitrogens with two attached hydrogens (primary N) is 1. The van der Waals surface area contributed by atoms with Crippen molar-refractivity contribution in [1.82, 2.24) is 0 Å². The van der Waals surface area contributed by atoms with E-state index in [-0.39, 0.29) is 6.04 Å². The summed E-state index contributed by atoms with van der Waals surface area (Å²) in [7, 11) is 0. The molecule has 2 N–H and O–H groups in total. The van der Waals surface area contributed by atoms with Gasteiger partial charge in [-0.2, -0.15) is 5.26 Å². The average molecular weight is 193 g/mol. The summed E-state index contributed by atoms with van der Waals surface area (Å²) in [6.07, 6.45) is 1.87. The van der Waals surface area contributed by atoms with Gasteiger partial charge >= 0.3 is 0 Å². The topological polar surface area (TPSA) is 49.8 Å². The molecule has 3 heteroatoms. The lowest BCUT2D eigenvalue weighted by Gasteiger charge is -2.07. The molecule has 2 nitrogen and oxygen atoms in total. The Morgan fingerprint density at radius 3 is 3.00 bits per heavy atom. The summed E-state index contributed by atoms with van der Waals surface area (Å²) in [6, 6.07) is 5.71. The Hall–Kier alpha value is -1.04. The molecule has 0 saturated heterocycles. The molecule has 1 atom stereocenters. The molecule has 1 aromatic rings. The lowest BCUT2D eigenvalue weighted by atomic mass is 10.1. The van der Waals surface area contributed by atoms with E-state index in [0.29, 0.717) is 10.6 Å². The van der Waals surface area contributed by atoms with E-state index in [0.717, 1.165) is 24.0 Å². The van der Waals surface area contributed by atoms with Crippen molar-refractivity contribution in [2.45, 2.75) is 18.9 Å². The molecule has 1 aromatic carbocycles. The van der Waals surface area contributed by atoms with E-state index in [4.69, 9.17) is 22.6 Å². The second kappa shape index (κ2) is 3.02. The molecule has 0 fully saturated rings. The highest BCUT2D eigenvalue weighted by molar-refractivity contribution is 6.31. The molecule has 1 aliphatic rings. The Kier molecular flexibility index (Phi) is 1.99. The van der Waals surface area contributed by atoms with E-state index in [9.17, 15) is 0 Å². The third-order valence-electron chi connectivity index (χ3n) is 2.44. The Balaban J connectivity index is 2.61. The number of aryl methyl sites for hydroxylation is 1. The quantitative estimate of drug-likeness (QED) is 0.685. The molecule has 0 heterocycles. The van der Waals surface area contributed by atoms with Crippen LogP contribution in [0.1, 0.15) is 29.2 Å². The molecule has 66 valence electrons. The zero-order valence-electron chi connectivity index (χ0n) is 7.05. The van der Waals surface area contributed by atoms with Gasteiger partial charge in [0.15, 0.2) is 0 Å². The smallest absolute Gasteiger partial charge is 0.0992 e. The van der Waals surface area contributed by atoms with E-state index in [1.807, 2.05) is 6.07 Å². The molecule has 2 rings (SSSR count). The summed E-state index contributed by atoms with van der Waals surface area (Å²) in [5.41, 5.74) is 8.66. The molecule has 0 bridgehead atoms. The number of hydrogen-bond donors (Lipinski definition) is 1. The largest absolute Gasteiger partial charge is 0.324 e. The molecular formula is C10H9ClN2. The van der Waals surface area contributed by atoms with Gasteiger partial charge in [0, 0.05) is 11.1 Å². The van der Waals surface area contributed by atoms with Crippen LogP contribution in [0.3, 0.4) is 0 Å². The van der Waals surface area contributed by atoms with Gasteiger partial charge in [-0.3, -0.25) is 0 Å². The number of benzene rings is 1. The SMILES string of the molecule is N#Cc1cc(Cl)c2c(c1)CC[C@H]2N. The van der Waals surface area contributed by atoms with Crippen LogP contribution in [0.15, 0.2) is 12.1 Å². The average Bonchev–Trinajstić information content (AvgIpc) is 2.48. The third kappa shape index (κ3) is 1.31. The molecule has 0 spiro atoms. The van der Waals surface area contributed by atoms with Crippen molar-refractivity contribution in [3.05, 3.63) is 33.8 Å². The van der Waals surface area contributed by atoms with Gasteiger partial charge in [0.25, 0.3) is 0 Å². The summed E-state index contributed by atoms with van der Waals surface area (Å²) in [4.78, 5) is 0. The minimum atomic E-state index is 0.0512. The van der Waals surface area contributed by atoms with Gasteiger partial charge in [-0.15, -0.1) is 0 Å². The second-order valence-electron chi connectivity index (χ2n) is 3.29. The van der Waals surface area contributed by atoms with Crippen LogP contribution in [0.2, 0.25) is 5.02 Å². The number of rotatable bonds is 0. The van der Waals surface area contributed by atoms with Gasteiger partial charge in [-0.1, -0.05) is 11.6 Å². The van der Waals surface area contributed by atoms with Crippen molar-refractivity contribution in [3.8, 4) is 6.07 Å². The molecule has 1 aliphatic carbocycles. The maximum atomic E-state index is 8.72. The zero-order valence-corrected chi connectivity index (χ0v) is 7.80. The van der Waals surface area contributed by atoms with Crippen molar-refractivity contribution >= 4 is 11.6 Å². The molecule has 0 saturated carbocycles. The van der Waals surface area contributed by atoms with Gasteiger partial charge in [0.05, 0.1) is 11.6 Å². The second-order valence-corrected chi connectivity index (χ2v) is 3.70. The van der Waals surface area contributed by atoms with Crippen LogP contribution in [-0.2, 0) is 6.42 Å². The van der Waals surface area contributed by atoms with E-state index in [1.165, 1.54) is 0 Å². The van der Waals surface area contributed by atoms with Crippen LogP contribution < -0.4 is 5.73 Å². The molecule has 0 aliphatic heterocycles. The van der Waals surface area contributed by atoms with Gasteiger partial charge in [-0.25, -0.2) is 0 Å². The normalized spacial score (nSPS) is 19.6. The molecule has 0 aromatic heterocycles. The Labute approximate surface area is 81.9 Å². The van der Waals surface area contributed by atoms with Crippen LogP contribution in [0, 0.1) is 11.3 Å². The summed E-state index contributed by atoms with van der Waals surface area (Å²) >= 11 is 6.02. The minimum absolute atomic E-state index is 0.0512. The lowest BCUT2D eigenvalue weighted by Crippen LogP contribution is -2.05. The maximum Gasteiger partial charge on any atom is 0.0992 e. The van der Waals surface area contributed by atoms with E-state index >= 15 is 0 Å². The van der Waals surface area contributed by atoms with Crippen molar-refractivity contribution < 1.29 is 0 Å². The fourth-order valence-electron chi connectivity index (χ4n) is 1.82. The van der Waals surface area contributed by atoms with Gasteiger partial charge in [-0.05, 0) is 36.1 Å². The fourth-order valence-corrected chi connectivity index (χ4v) is 2.20. The summed E-state index contributed by atoms with van der Waals surface area (Å²) < 4.78 is 0. The molecular weight excluding hydrogens is 184 g/mol. The van der Waals surface area contributed by atoms with Crippen LogP contribution >= 0.6 is 11.6 Å². The first-order chi connectivity index (χ1) is 6.22. The van der Waals surface area contributed by atoms with Crippen molar-refractivity contribution in [2.75, 3.05) is 0 Å². The minimum Gasteiger partial charge on any atom is -0.324 e. The number of nitriles is 1. The van der Waals surface area contributed by atoms with Crippen LogP contribution in [0.5, 0.6) is 0 Å². The van der Waals surface area contributed by atoms with E-state index < -0.39 is 0 Å². The molecule has 0 amide bonds. The first-order valence-electron chi connectivity index (χ1n) is 4.20. The highest BCUT2D eigenvalue weighted by atomic mass is 35.5. The van der Waals surface area contributed by atoms with Crippen molar-refractivity contribution in [2.24, 2.45) is 5.73 Å². The number of nitrogens with zero attached hydrogens (tertiary/aromatic N) is 1. The third-order valence-corrected chi connectivity index (χ3v) is 2.75. The standard InChI is InChI=1S/C10H9ClN2/c11-8-4-6(5-12)3-7-1-2-9(13)10(7)8/h3-4,9H,1-2,13H2/t9-/m1/s1. The van der Waals surface area contributed by atoms with Gasteiger partial charge in [0.1, 0.15) is 0 Å². The Morgan fingerprint density at radius 1 is 1.54 bits per heavy atom. The van der Waals surface area contributed by atoms with Crippen LogP contribution in [0.4, 0.5) is 0 Å². The summed E-state index contributed by atoms with van der Waals surface area (Å²) in [5, 5.41) is 9.36. The fraction of sp³-hybridized carbons (Fsp3) is 0.300. The first kappa shape index (κ1) is 8.55. The monoisotopic (exact) mass is 192 g/mol. The number of hydrogen-bond acceptors (Lipinski definition) is 2. The lowest BCUT2D eigenvalue weighted by molar-refractivity contribution is 0.713. The summed E-state index contributed by atoms with van der Waals surface area (Å²) in [5.74, 6) is 0. The highest BCUT2D eigenvalue weighted by Crippen LogP contribution is 2.35. The predicted octanol–water partition coefficient (Wildman–Crippen LogP) is 2.16.